The molecule has 6 heteroatoms. The highest BCUT2D eigenvalue weighted by atomic mass is 16.3. The topological polar surface area (TPSA) is 71.3 Å². The molecule has 1 saturated heterocycles. The molecule has 0 atom stereocenters. The van der Waals surface area contributed by atoms with E-state index >= 15 is 0 Å². The van der Waals surface area contributed by atoms with Crippen LogP contribution in [0.2, 0.25) is 0 Å². The van der Waals surface area contributed by atoms with E-state index in [4.69, 9.17) is 4.42 Å². The number of hydrogen-bond acceptors (Lipinski definition) is 5. The lowest BCUT2D eigenvalue weighted by atomic mass is 9.60. The molecule has 0 radical (unpaired) electrons. The van der Waals surface area contributed by atoms with Crippen LogP contribution >= 0.6 is 0 Å². The molecule has 1 aliphatic heterocycles. The number of hydrogen-bond donors (Lipinski definition) is 1. The van der Waals surface area contributed by atoms with Crippen molar-refractivity contribution in [2.24, 2.45) is 5.41 Å². The Morgan fingerprint density at radius 2 is 1.96 bits per heavy atom. The summed E-state index contributed by atoms with van der Waals surface area (Å²) in [6.07, 6.45) is 9.44. The van der Waals surface area contributed by atoms with Gasteiger partial charge in [0, 0.05) is 31.5 Å². The highest BCUT2D eigenvalue weighted by Crippen LogP contribution is 2.49. The Hall–Kier alpha value is -2.37. The molecule has 1 saturated carbocycles. The molecule has 2 fully saturated rings. The quantitative estimate of drug-likeness (QED) is 0.943. The van der Waals surface area contributed by atoms with Crippen LogP contribution in [0.5, 0.6) is 0 Å². The van der Waals surface area contributed by atoms with E-state index in [-0.39, 0.29) is 5.91 Å². The van der Waals surface area contributed by atoms with Crippen molar-refractivity contribution in [1.82, 2.24) is 14.9 Å². The number of amides is 1. The van der Waals surface area contributed by atoms with E-state index in [0.29, 0.717) is 23.2 Å². The number of nitrogens with zero attached hydrogens (tertiary/aromatic N) is 3. The standard InChI is InChI=1S/C17H20N4O2/c22-15(14-3-1-10-23-14)21-8-4-17(5-9-21)11-13(12-17)20-16-18-6-2-7-19-16/h1-3,6-7,10,13H,4-5,8-9,11-12H2,(H,18,19,20). The van der Waals surface area contributed by atoms with Crippen molar-refractivity contribution >= 4 is 11.9 Å². The predicted molar refractivity (Wildman–Crippen MR) is 85.0 cm³/mol. The Morgan fingerprint density at radius 1 is 1.22 bits per heavy atom. The molecule has 4 rings (SSSR count). The third-order valence-electron chi connectivity index (χ3n) is 5.10. The Morgan fingerprint density at radius 3 is 2.61 bits per heavy atom. The van der Waals surface area contributed by atoms with Gasteiger partial charge in [-0.2, -0.15) is 0 Å². The lowest BCUT2D eigenvalue weighted by Gasteiger charge is -2.52. The monoisotopic (exact) mass is 312 g/mol. The van der Waals surface area contributed by atoms with Crippen LogP contribution in [-0.4, -0.2) is 39.9 Å². The van der Waals surface area contributed by atoms with Gasteiger partial charge in [0.05, 0.1) is 6.26 Å². The first-order valence-corrected chi connectivity index (χ1v) is 8.11. The van der Waals surface area contributed by atoms with Crippen LogP contribution in [-0.2, 0) is 0 Å². The van der Waals surface area contributed by atoms with E-state index in [0.717, 1.165) is 38.8 Å². The number of anilines is 1. The number of furan rings is 1. The molecular formula is C17H20N4O2. The Kier molecular flexibility index (Phi) is 3.52. The number of rotatable bonds is 3. The van der Waals surface area contributed by atoms with Gasteiger partial charge >= 0.3 is 0 Å². The van der Waals surface area contributed by atoms with Crippen molar-refractivity contribution in [1.29, 1.82) is 0 Å². The zero-order valence-electron chi connectivity index (χ0n) is 12.9. The predicted octanol–water partition coefficient (Wildman–Crippen LogP) is 2.57. The number of aromatic nitrogens is 2. The molecule has 0 bridgehead atoms. The molecule has 1 N–H and O–H groups in total. The normalized spacial score (nSPS) is 20.3. The molecule has 0 unspecified atom stereocenters. The van der Waals surface area contributed by atoms with Crippen molar-refractivity contribution in [3.8, 4) is 0 Å². The van der Waals surface area contributed by atoms with Crippen molar-refractivity contribution in [3.05, 3.63) is 42.6 Å². The fourth-order valence-electron chi connectivity index (χ4n) is 3.79. The second-order valence-electron chi connectivity index (χ2n) is 6.59. The van der Waals surface area contributed by atoms with Crippen LogP contribution in [0.3, 0.4) is 0 Å². The smallest absolute Gasteiger partial charge is 0.289 e. The van der Waals surface area contributed by atoms with Crippen molar-refractivity contribution < 1.29 is 9.21 Å². The first kappa shape index (κ1) is 14.2. The van der Waals surface area contributed by atoms with Crippen LogP contribution in [0, 0.1) is 5.41 Å². The van der Waals surface area contributed by atoms with Crippen LogP contribution < -0.4 is 5.32 Å². The first-order valence-electron chi connectivity index (χ1n) is 8.11. The van der Waals surface area contributed by atoms with E-state index in [9.17, 15) is 4.79 Å². The molecule has 2 aromatic heterocycles. The van der Waals surface area contributed by atoms with Gasteiger partial charge in [0.15, 0.2) is 5.76 Å². The number of carbonyl (C=O) groups is 1. The SMILES string of the molecule is O=C(c1ccco1)N1CCC2(CC1)CC(Nc1ncccn1)C2. The van der Waals surface area contributed by atoms with Gasteiger partial charge in [-0.05, 0) is 49.3 Å². The van der Waals surface area contributed by atoms with Crippen LogP contribution in [0.1, 0.15) is 36.2 Å². The highest BCUT2D eigenvalue weighted by molar-refractivity contribution is 5.91. The van der Waals surface area contributed by atoms with Gasteiger partial charge in [-0.25, -0.2) is 9.97 Å². The second kappa shape index (κ2) is 5.68. The Bertz CT molecular complexity index is 655. The third kappa shape index (κ3) is 2.81. The van der Waals surface area contributed by atoms with Gasteiger partial charge in [-0.3, -0.25) is 4.79 Å². The van der Waals surface area contributed by atoms with E-state index in [1.54, 1.807) is 30.8 Å². The zero-order chi connectivity index (χ0) is 15.7. The van der Waals surface area contributed by atoms with E-state index in [1.165, 1.54) is 0 Å². The highest BCUT2D eigenvalue weighted by Gasteiger charge is 2.46. The average Bonchev–Trinajstić information content (AvgIpc) is 3.09. The lowest BCUT2D eigenvalue weighted by molar-refractivity contribution is 0.0203. The van der Waals surface area contributed by atoms with Gasteiger partial charge in [0.1, 0.15) is 0 Å². The maximum Gasteiger partial charge on any atom is 0.289 e. The molecule has 120 valence electrons. The molecule has 1 aliphatic carbocycles. The van der Waals surface area contributed by atoms with Crippen LogP contribution in [0.15, 0.2) is 41.3 Å². The number of carbonyl (C=O) groups excluding carboxylic acids is 1. The summed E-state index contributed by atoms with van der Waals surface area (Å²) in [6.45, 7) is 1.63. The second-order valence-corrected chi connectivity index (χ2v) is 6.59. The summed E-state index contributed by atoms with van der Waals surface area (Å²) in [5, 5.41) is 3.39. The molecule has 3 heterocycles. The van der Waals surface area contributed by atoms with Gasteiger partial charge < -0.3 is 14.6 Å². The minimum absolute atomic E-state index is 0.0107. The van der Waals surface area contributed by atoms with Crippen molar-refractivity contribution in [2.75, 3.05) is 18.4 Å². The Balaban J connectivity index is 1.29. The lowest BCUT2D eigenvalue weighted by Crippen LogP contribution is -2.52. The zero-order valence-corrected chi connectivity index (χ0v) is 12.9. The van der Waals surface area contributed by atoms with Crippen molar-refractivity contribution in [3.63, 3.8) is 0 Å². The van der Waals surface area contributed by atoms with E-state index in [1.807, 2.05) is 11.0 Å². The van der Waals surface area contributed by atoms with E-state index in [2.05, 4.69) is 15.3 Å². The van der Waals surface area contributed by atoms with Gasteiger partial charge in [0.2, 0.25) is 5.95 Å². The van der Waals surface area contributed by atoms with Crippen LogP contribution in [0.25, 0.3) is 0 Å². The maximum absolute atomic E-state index is 12.3. The summed E-state index contributed by atoms with van der Waals surface area (Å²) in [6, 6.07) is 5.76. The fraction of sp³-hybridized carbons (Fsp3) is 0.471. The van der Waals surface area contributed by atoms with Gasteiger partial charge in [-0.1, -0.05) is 0 Å². The molecule has 2 aliphatic rings. The summed E-state index contributed by atoms with van der Waals surface area (Å²) < 4.78 is 5.21. The molecule has 6 nitrogen and oxygen atoms in total. The fourth-order valence-corrected chi connectivity index (χ4v) is 3.79. The Labute approximate surface area is 134 Å². The van der Waals surface area contributed by atoms with E-state index < -0.39 is 0 Å². The number of nitrogens with one attached hydrogen (secondary N) is 1. The first-order chi connectivity index (χ1) is 11.2. The molecule has 23 heavy (non-hydrogen) atoms. The molecule has 2 aromatic rings. The molecule has 0 aromatic carbocycles. The molecular weight excluding hydrogens is 292 g/mol. The number of piperidine rings is 1. The van der Waals surface area contributed by atoms with Gasteiger partial charge in [-0.15, -0.1) is 0 Å². The van der Waals surface area contributed by atoms with Gasteiger partial charge in [0.25, 0.3) is 5.91 Å². The minimum atomic E-state index is 0.0107. The average molecular weight is 312 g/mol. The molecule has 1 amide bonds. The molecule has 1 spiro atoms. The minimum Gasteiger partial charge on any atom is -0.459 e. The summed E-state index contributed by atoms with van der Waals surface area (Å²) in [5.74, 6) is 1.16. The summed E-state index contributed by atoms with van der Waals surface area (Å²) >= 11 is 0. The summed E-state index contributed by atoms with van der Waals surface area (Å²) in [5.41, 5.74) is 0.381. The van der Waals surface area contributed by atoms with Crippen molar-refractivity contribution in [2.45, 2.75) is 31.7 Å². The summed E-state index contributed by atoms with van der Waals surface area (Å²) in [4.78, 5) is 22.6. The third-order valence-corrected chi connectivity index (χ3v) is 5.10. The number of likely N-dealkylation sites (tertiary alicyclic amines) is 1. The largest absolute Gasteiger partial charge is 0.459 e. The maximum atomic E-state index is 12.3. The van der Waals surface area contributed by atoms with Crippen LogP contribution in [0.4, 0.5) is 5.95 Å². The summed E-state index contributed by atoms with van der Waals surface area (Å²) in [7, 11) is 0.